The number of hydrogen-bond donors (Lipinski definition) is 4. The summed E-state index contributed by atoms with van der Waals surface area (Å²) in [4.78, 5) is 22.5. The van der Waals surface area contributed by atoms with Crippen molar-refractivity contribution in [2.75, 3.05) is 0 Å². The number of benzene rings is 2. The molecule has 0 radical (unpaired) electrons. The molecule has 0 bridgehead atoms. The Morgan fingerprint density at radius 2 is 1.47 bits per heavy atom. The molecule has 10 heteroatoms. The van der Waals surface area contributed by atoms with E-state index in [9.17, 15) is 27.7 Å². The Bertz CT molecular complexity index is 1040. The zero-order chi connectivity index (χ0) is 24.2. The Hall–Kier alpha value is -2.63. The van der Waals surface area contributed by atoms with Crippen LogP contribution in [-0.4, -0.2) is 46.3 Å². The SMILES string of the molecule is CC(C)[C@H](N)C(=O)C(O)(C(N)(Cc1ccccc1)C(=O)OCc1ccccc1)S(=O)(=O)O. The maximum Gasteiger partial charge on any atom is 0.331 e. The van der Waals surface area contributed by atoms with Crippen molar-refractivity contribution in [1.82, 2.24) is 0 Å². The van der Waals surface area contributed by atoms with E-state index >= 15 is 0 Å². The normalized spacial score (nSPS) is 16.6. The van der Waals surface area contributed by atoms with Gasteiger partial charge in [-0.05, 0) is 17.0 Å². The highest BCUT2D eigenvalue weighted by atomic mass is 32.2. The lowest BCUT2D eigenvalue weighted by atomic mass is 9.80. The first kappa shape index (κ1) is 25.6. The summed E-state index contributed by atoms with van der Waals surface area (Å²) in [5.41, 5.74) is 9.98. The third kappa shape index (κ3) is 5.05. The average molecular weight is 465 g/mol. The summed E-state index contributed by atoms with van der Waals surface area (Å²) in [6, 6.07) is 14.8. The Morgan fingerprint density at radius 3 is 1.91 bits per heavy atom. The summed E-state index contributed by atoms with van der Waals surface area (Å²) in [5, 5.41) is 11.2. The molecule has 0 saturated heterocycles. The number of esters is 1. The molecular formula is C22H28N2O7S. The third-order valence-corrected chi connectivity index (χ3v) is 6.55. The van der Waals surface area contributed by atoms with Crippen molar-refractivity contribution >= 4 is 21.9 Å². The van der Waals surface area contributed by atoms with E-state index in [1.165, 1.54) is 26.0 Å². The van der Waals surface area contributed by atoms with Gasteiger partial charge in [0.05, 0.1) is 6.04 Å². The molecule has 2 aromatic carbocycles. The summed E-state index contributed by atoms with van der Waals surface area (Å²) in [7, 11) is -5.65. The zero-order valence-corrected chi connectivity index (χ0v) is 18.7. The van der Waals surface area contributed by atoms with Gasteiger partial charge in [-0.15, -0.1) is 0 Å². The maximum absolute atomic E-state index is 13.2. The first-order chi connectivity index (χ1) is 14.8. The van der Waals surface area contributed by atoms with E-state index in [1.54, 1.807) is 48.5 Å². The van der Waals surface area contributed by atoms with E-state index in [4.69, 9.17) is 16.2 Å². The Labute approximate surface area is 187 Å². The van der Waals surface area contributed by atoms with Crippen LogP contribution < -0.4 is 11.5 Å². The van der Waals surface area contributed by atoms with Crippen LogP contribution in [0.25, 0.3) is 0 Å². The van der Waals surface area contributed by atoms with Gasteiger partial charge in [-0.3, -0.25) is 9.35 Å². The smallest absolute Gasteiger partial charge is 0.331 e. The predicted octanol–water partition coefficient (Wildman–Crippen LogP) is 0.799. The Morgan fingerprint density at radius 1 is 1.00 bits per heavy atom. The van der Waals surface area contributed by atoms with Crippen LogP contribution in [0.2, 0.25) is 0 Å². The molecule has 0 amide bonds. The van der Waals surface area contributed by atoms with E-state index in [0.717, 1.165) is 0 Å². The van der Waals surface area contributed by atoms with Crippen molar-refractivity contribution in [2.45, 2.75) is 43.4 Å². The second-order valence-electron chi connectivity index (χ2n) is 7.95. The number of rotatable bonds is 10. The summed E-state index contributed by atoms with van der Waals surface area (Å²) in [5.74, 6) is -3.53. The molecule has 2 unspecified atom stereocenters. The lowest BCUT2D eigenvalue weighted by molar-refractivity contribution is -0.163. The lowest BCUT2D eigenvalue weighted by Crippen LogP contribution is -2.75. The van der Waals surface area contributed by atoms with E-state index in [0.29, 0.717) is 11.1 Å². The summed E-state index contributed by atoms with van der Waals surface area (Å²) in [6.45, 7) is 2.71. The molecule has 174 valence electrons. The van der Waals surface area contributed by atoms with Gasteiger partial charge in [0.1, 0.15) is 6.61 Å². The zero-order valence-electron chi connectivity index (χ0n) is 17.8. The molecule has 0 heterocycles. The second-order valence-corrected chi connectivity index (χ2v) is 9.49. The summed E-state index contributed by atoms with van der Waals surface area (Å²) < 4.78 is 39.9. The first-order valence-corrected chi connectivity index (χ1v) is 11.3. The van der Waals surface area contributed by atoms with E-state index < -0.39 is 50.7 Å². The maximum atomic E-state index is 13.2. The highest BCUT2D eigenvalue weighted by molar-refractivity contribution is 7.88. The number of Topliss-reactive ketones (excluding diaryl/α,β-unsaturated/α-hetero) is 1. The van der Waals surface area contributed by atoms with Crippen molar-refractivity contribution in [2.24, 2.45) is 17.4 Å². The van der Waals surface area contributed by atoms with Crippen molar-refractivity contribution < 1.29 is 32.4 Å². The van der Waals surface area contributed by atoms with Crippen molar-refractivity contribution in [3.8, 4) is 0 Å². The van der Waals surface area contributed by atoms with Gasteiger partial charge in [0, 0.05) is 6.42 Å². The van der Waals surface area contributed by atoms with Crippen LogP contribution in [-0.2, 0) is 37.5 Å². The van der Waals surface area contributed by atoms with Crippen LogP contribution in [0.15, 0.2) is 60.7 Å². The van der Waals surface area contributed by atoms with Gasteiger partial charge in [-0.2, -0.15) is 8.42 Å². The second kappa shape index (κ2) is 9.88. The Kier molecular flexibility index (Phi) is 7.92. The number of hydrogen-bond acceptors (Lipinski definition) is 8. The minimum Gasteiger partial charge on any atom is -0.459 e. The lowest BCUT2D eigenvalue weighted by Gasteiger charge is -2.40. The van der Waals surface area contributed by atoms with Crippen molar-refractivity contribution in [1.29, 1.82) is 0 Å². The molecule has 0 aliphatic rings. The molecule has 9 nitrogen and oxygen atoms in total. The molecule has 0 aliphatic heterocycles. The topological polar surface area (TPSA) is 170 Å². The van der Waals surface area contributed by atoms with Gasteiger partial charge in [0.15, 0.2) is 5.54 Å². The van der Waals surface area contributed by atoms with Gasteiger partial charge in [-0.25, -0.2) is 4.79 Å². The van der Waals surface area contributed by atoms with Crippen LogP contribution in [0.3, 0.4) is 0 Å². The van der Waals surface area contributed by atoms with E-state index in [2.05, 4.69) is 0 Å². The first-order valence-electron chi connectivity index (χ1n) is 9.88. The molecular weight excluding hydrogens is 436 g/mol. The molecule has 0 spiro atoms. The largest absolute Gasteiger partial charge is 0.459 e. The third-order valence-electron chi connectivity index (χ3n) is 5.24. The molecule has 2 rings (SSSR count). The number of nitrogens with two attached hydrogens (primary N) is 2. The minimum absolute atomic E-state index is 0.306. The van der Waals surface area contributed by atoms with Crippen LogP contribution in [0.1, 0.15) is 25.0 Å². The fraction of sp³-hybridized carbons (Fsp3) is 0.364. The molecule has 0 aromatic heterocycles. The number of ketones is 1. The monoisotopic (exact) mass is 464 g/mol. The fourth-order valence-corrected chi connectivity index (χ4v) is 4.21. The molecule has 0 saturated carbocycles. The van der Waals surface area contributed by atoms with Crippen LogP contribution in [0, 0.1) is 5.92 Å². The van der Waals surface area contributed by atoms with Crippen molar-refractivity contribution in [3.05, 3.63) is 71.8 Å². The minimum atomic E-state index is -5.65. The summed E-state index contributed by atoms with van der Waals surface area (Å²) in [6.07, 6.45) is -0.631. The number of carbonyl (C=O) groups excluding carboxylic acids is 2. The molecule has 0 fully saturated rings. The fourth-order valence-electron chi connectivity index (χ4n) is 3.21. The molecule has 3 atom stereocenters. The molecule has 2 aromatic rings. The van der Waals surface area contributed by atoms with Crippen LogP contribution in [0.4, 0.5) is 0 Å². The molecule has 0 aliphatic carbocycles. The number of ether oxygens (including phenoxy) is 1. The highest BCUT2D eigenvalue weighted by Gasteiger charge is 2.68. The van der Waals surface area contributed by atoms with Gasteiger partial charge in [0.2, 0.25) is 5.78 Å². The van der Waals surface area contributed by atoms with Crippen LogP contribution >= 0.6 is 0 Å². The number of aliphatic hydroxyl groups is 1. The molecule has 32 heavy (non-hydrogen) atoms. The van der Waals surface area contributed by atoms with E-state index in [-0.39, 0.29) is 6.61 Å². The Balaban J connectivity index is 2.60. The number of carbonyl (C=O) groups is 2. The van der Waals surface area contributed by atoms with Crippen LogP contribution in [0.5, 0.6) is 0 Å². The average Bonchev–Trinajstić information content (AvgIpc) is 2.76. The predicted molar refractivity (Wildman–Crippen MR) is 118 cm³/mol. The highest BCUT2D eigenvalue weighted by Crippen LogP contribution is 2.33. The van der Waals surface area contributed by atoms with Crippen molar-refractivity contribution in [3.63, 3.8) is 0 Å². The quantitative estimate of drug-likeness (QED) is 0.293. The van der Waals surface area contributed by atoms with Gasteiger partial charge < -0.3 is 21.3 Å². The summed E-state index contributed by atoms with van der Waals surface area (Å²) >= 11 is 0. The van der Waals surface area contributed by atoms with Gasteiger partial charge in [-0.1, -0.05) is 74.5 Å². The standard InChI is InChI=1S/C22H28N2O7S/c1-15(2)18(23)19(25)22(27,32(28,29)30)21(24,13-16-9-5-3-6-10-16)20(26)31-14-17-11-7-4-8-12-17/h3-12,15,18,27H,13-14,23-24H2,1-2H3,(H,28,29,30)/t18-,21?,22?/m0/s1. The molecule has 6 N–H and O–H groups in total. The van der Waals surface area contributed by atoms with Gasteiger partial charge in [0.25, 0.3) is 4.93 Å². The van der Waals surface area contributed by atoms with E-state index in [1.807, 2.05) is 0 Å². The van der Waals surface area contributed by atoms with Gasteiger partial charge >= 0.3 is 16.1 Å².